The molecule has 0 radical (unpaired) electrons. The number of nitrogens with one attached hydrogen (secondary N) is 3. The van der Waals surface area contributed by atoms with Gasteiger partial charge in [-0.3, -0.25) is 24.4 Å². The Morgan fingerprint density at radius 1 is 0.725 bits per heavy atom. The van der Waals surface area contributed by atoms with Crippen molar-refractivity contribution < 1.29 is 24.3 Å². The molecule has 0 saturated heterocycles. The van der Waals surface area contributed by atoms with E-state index in [4.69, 9.17) is 34.4 Å². The van der Waals surface area contributed by atoms with Crippen molar-refractivity contribution in [1.29, 1.82) is 0 Å². The molecule has 17 heteroatoms. The van der Waals surface area contributed by atoms with Crippen LogP contribution >= 0.6 is 11.8 Å². The zero-order valence-electron chi connectivity index (χ0n) is 23.1. The molecule has 4 atom stereocenters. The van der Waals surface area contributed by atoms with Crippen molar-refractivity contribution in [3.8, 4) is 0 Å². The van der Waals surface area contributed by atoms with E-state index >= 15 is 0 Å². The molecule has 16 nitrogen and oxygen atoms in total. The molecule has 0 aliphatic rings. The normalized spacial score (nSPS) is 13.7. The molecule has 0 aliphatic heterocycles. The van der Waals surface area contributed by atoms with E-state index in [-0.39, 0.29) is 44.3 Å². The van der Waals surface area contributed by atoms with E-state index in [1.54, 1.807) is 0 Å². The first-order valence-electron chi connectivity index (χ1n) is 13.1. The van der Waals surface area contributed by atoms with Gasteiger partial charge in [-0.05, 0) is 69.9 Å². The lowest BCUT2D eigenvalue weighted by molar-refractivity contribution is -0.142. The van der Waals surface area contributed by atoms with E-state index in [9.17, 15) is 24.3 Å². The summed E-state index contributed by atoms with van der Waals surface area (Å²) in [6, 6.07) is -4.17. The Balaban J connectivity index is 5.71. The Morgan fingerprint density at radius 3 is 1.60 bits per heavy atom. The lowest BCUT2D eigenvalue weighted by Crippen LogP contribution is -2.57. The van der Waals surface area contributed by atoms with E-state index in [0.29, 0.717) is 44.4 Å². The molecule has 16 N–H and O–H groups in total. The molecule has 0 aromatic heterocycles. The Morgan fingerprint density at radius 2 is 1.18 bits per heavy atom. The van der Waals surface area contributed by atoms with E-state index in [2.05, 4.69) is 25.9 Å². The smallest absolute Gasteiger partial charge is 0.326 e. The average Bonchev–Trinajstić information content (AvgIpc) is 2.89. The molecule has 0 bridgehead atoms. The van der Waals surface area contributed by atoms with Gasteiger partial charge in [-0.15, -0.1) is 0 Å². The molecule has 40 heavy (non-hydrogen) atoms. The van der Waals surface area contributed by atoms with Gasteiger partial charge in [-0.25, -0.2) is 4.79 Å². The number of carboxylic acids is 1. The Bertz CT molecular complexity index is 851. The first-order valence-corrected chi connectivity index (χ1v) is 14.5. The number of guanidine groups is 2. The molecular formula is C23H47N11O5S. The molecule has 0 aromatic rings. The topological polar surface area (TPSA) is 305 Å². The largest absolute Gasteiger partial charge is 0.480 e. The van der Waals surface area contributed by atoms with Gasteiger partial charge in [0, 0.05) is 13.1 Å². The number of hydrogen-bond donors (Lipinski definition) is 10. The second-order valence-electron chi connectivity index (χ2n) is 9.09. The third-order valence-corrected chi connectivity index (χ3v) is 6.33. The standard InChI is InChI=1S/C23H47N11O5S/c1-40-13-9-14(25)18(35)32-15(7-4-11-30-22(26)27)19(36)33-16(8-5-12-31-23(28)29)20(37)34-17(21(38)39)6-2-3-10-24/h14-17H,2-13,24-25H2,1H3,(H,32,35)(H,33,36)(H,34,37)(H,38,39)(H4,26,27,30)(H4,28,29,31). The second kappa shape index (κ2) is 21.5. The third kappa shape index (κ3) is 17.3. The number of hydrogen-bond acceptors (Lipinski definition) is 9. The van der Waals surface area contributed by atoms with Crippen molar-refractivity contribution in [2.75, 3.05) is 31.6 Å². The zero-order valence-corrected chi connectivity index (χ0v) is 24.0. The lowest BCUT2D eigenvalue weighted by Gasteiger charge is -2.25. The highest BCUT2D eigenvalue weighted by Gasteiger charge is 2.30. The van der Waals surface area contributed by atoms with Crippen molar-refractivity contribution in [3.63, 3.8) is 0 Å². The molecular weight excluding hydrogens is 542 g/mol. The predicted molar refractivity (Wildman–Crippen MR) is 157 cm³/mol. The number of aliphatic carboxylic acids is 1. The maximum absolute atomic E-state index is 13.3. The summed E-state index contributed by atoms with van der Waals surface area (Å²) < 4.78 is 0. The number of unbranched alkanes of at least 4 members (excludes halogenated alkanes) is 1. The highest BCUT2D eigenvalue weighted by Crippen LogP contribution is 2.07. The van der Waals surface area contributed by atoms with Gasteiger partial charge >= 0.3 is 5.97 Å². The summed E-state index contributed by atoms with van der Waals surface area (Å²) in [4.78, 5) is 58.5. The van der Waals surface area contributed by atoms with Crippen molar-refractivity contribution in [3.05, 3.63) is 0 Å². The minimum absolute atomic E-state index is 0.103. The van der Waals surface area contributed by atoms with Gasteiger partial charge in [0.05, 0.1) is 6.04 Å². The van der Waals surface area contributed by atoms with Crippen LogP contribution in [0.1, 0.15) is 51.4 Å². The molecule has 0 fully saturated rings. The van der Waals surface area contributed by atoms with Crippen LogP contribution in [0.15, 0.2) is 9.98 Å². The van der Waals surface area contributed by atoms with Crippen LogP contribution in [0.3, 0.4) is 0 Å². The fourth-order valence-corrected chi connectivity index (χ4v) is 3.98. The number of amides is 3. The van der Waals surface area contributed by atoms with E-state index in [1.165, 1.54) is 11.8 Å². The quantitative estimate of drug-likeness (QED) is 0.0340. The summed E-state index contributed by atoms with van der Waals surface area (Å²) in [5, 5.41) is 17.3. The van der Waals surface area contributed by atoms with Crippen molar-refractivity contribution in [2.24, 2.45) is 44.4 Å². The first-order chi connectivity index (χ1) is 18.9. The number of carboxylic acid groups (broad SMARTS) is 1. The molecule has 0 saturated carbocycles. The molecule has 3 amide bonds. The van der Waals surface area contributed by atoms with Crippen LogP contribution in [0.25, 0.3) is 0 Å². The van der Waals surface area contributed by atoms with Gasteiger partial charge in [-0.2, -0.15) is 11.8 Å². The summed E-state index contributed by atoms with van der Waals surface area (Å²) in [6.45, 7) is 0.789. The fourth-order valence-electron chi connectivity index (χ4n) is 3.49. The highest BCUT2D eigenvalue weighted by molar-refractivity contribution is 7.98. The van der Waals surface area contributed by atoms with Crippen LogP contribution in [-0.2, 0) is 19.2 Å². The van der Waals surface area contributed by atoms with Gasteiger partial charge in [0.2, 0.25) is 17.7 Å². The number of nitrogens with zero attached hydrogens (tertiary/aromatic N) is 2. The number of rotatable bonds is 22. The van der Waals surface area contributed by atoms with Gasteiger partial charge in [-0.1, -0.05) is 0 Å². The summed E-state index contributed by atoms with van der Waals surface area (Å²) >= 11 is 1.53. The fraction of sp³-hybridized carbons (Fsp3) is 0.739. The molecule has 0 aromatic carbocycles. The maximum Gasteiger partial charge on any atom is 0.326 e. The monoisotopic (exact) mass is 589 g/mol. The van der Waals surface area contributed by atoms with Gasteiger partial charge in [0.1, 0.15) is 18.1 Å². The lowest BCUT2D eigenvalue weighted by atomic mass is 10.0. The number of carbonyl (C=O) groups is 4. The third-order valence-electron chi connectivity index (χ3n) is 5.69. The number of aliphatic imine (C=N–C) groups is 2. The van der Waals surface area contributed by atoms with Gasteiger partial charge in [0.25, 0.3) is 0 Å². The van der Waals surface area contributed by atoms with E-state index in [1.807, 2.05) is 6.26 Å². The van der Waals surface area contributed by atoms with Crippen LogP contribution in [0.4, 0.5) is 0 Å². The first kappa shape index (κ1) is 36.7. The molecule has 0 aliphatic carbocycles. The van der Waals surface area contributed by atoms with Crippen LogP contribution in [0.2, 0.25) is 0 Å². The number of thioether (sulfide) groups is 1. The van der Waals surface area contributed by atoms with Crippen molar-refractivity contribution in [1.82, 2.24) is 16.0 Å². The van der Waals surface area contributed by atoms with Crippen LogP contribution in [-0.4, -0.2) is 96.5 Å². The summed E-state index contributed by atoms with van der Waals surface area (Å²) in [5.74, 6) is -2.65. The molecule has 4 unspecified atom stereocenters. The molecule has 0 rings (SSSR count). The molecule has 0 heterocycles. The Kier molecular flexibility index (Phi) is 19.7. The number of nitrogens with two attached hydrogens (primary N) is 6. The Labute approximate surface area is 239 Å². The predicted octanol–water partition coefficient (Wildman–Crippen LogP) is -3.16. The number of carbonyl (C=O) groups excluding carboxylic acids is 3. The van der Waals surface area contributed by atoms with Crippen molar-refractivity contribution in [2.45, 2.75) is 75.5 Å². The minimum atomic E-state index is -1.21. The van der Waals surface area contributed by atoms with Gasteiger partial charge in [0.15, 0.2) is 11.9 Å². The van der Waals surface area contributed by atoms with Gasteiger partial charge < -0.3 is 55.5 Å². The average molecular weight is 590 g/mol. The summed E-state index contributed by atoms with van der Waals surface area (Å²) in [7, 11) is 0. The van der Waals surface area contributed by atoms with Crippen LogP contribution in [0.5, 0.6) is 0 Å². The second-order valence-corrected chi connectivity index (χ2v) is 10.1. The van der Waals surface area contributed by atoms with E-state index in [0.717, 1.165) is 0 Å². The van der Waals surface area contributed by atoms with E-state index < -0.39 is 47.9 Å². The Hall–Kier alpha value is -3.31. The molecule has 230 valence electrons. The molecule has 0 spiro atoms. The summed E-state index contributed by atoms with van der Waals surface area (Å²) in [6.07, 6.45) is 4.47. The SMILES string of the molecule is CSCCC(N)C(=O)NC(CCCN=C(N)N)C(=O)NC(CCCN=C(N)N)C(=O)NC(CCCCN)C(=O)O. The maximum atomic E-state index is 13.3. The summed E-state index contributed by atoms with van der Waals surface area (Å²) in [5.41, 5.74) is 32.9. The van der Waals surface area contributed by atoms with Crippen LogP contribution < -0.4 is 50.4 Å². The van der Waals surface area contributed by atoms with Crippen LogP contribution in [0, 0.1) is 0 Å². The highest BCUT2D eigenvalue weighted by atomic mass is 32.2. The minimum Gasteiger partial charge on any atom is -0.480 e. The zero-order chi connectivity index (χ0) is 30.5. The van der Waals surface area contributed by atoms with Crippen molar-refractivity contribution >= 4 is 47.4 Å².